The minimum absolute atomic E-state index is 0.408. The summed E-state index contributed by atoms with van der Waals surface area (Å²) in [5, 5.41) is 1.74. The third-order valence-corrected chi connectivity index (χ3v) is 3.56. The van der Waals surface area contributed by atoms with Crippen molar-refractivity contribution in [1.29, 1.82) is 0 Å². The fraction of sp³-hybridized carbons (Fsp3) is 0.133. The molecule has 1 atom stereocenters. The van der Waals surface area contributed by atoms with E-state index in [1.807, 2.05) is 0 Å². The maximum absolute atomic E-state index is 11.8. The van der Waals surface area contributed by atoms with Crippen LogP contribution in [0.5, 0.6) is 0 Å². The maximum Gasteiger partial charge on any atom is 0.349 e. The summed E-state index contributed by atoms with van der Waals surface area (Å²) >= 11 is 1.22. The van der Waals surface area contributed by atoms with Crippen LogP contribution < -0.4 is 10.9 Å². The summed E-state index contributed by atoms with van der Waals surface area (Å²) in [5.74, 6) is -1.65. The second-order valence-corrected chi connectivity index (χ2v) is 5.28. The van der Waals surface area contributed by atoms with Crippen molar-refractivity contribution in [2.45, 2.75) is 13.0 Å². The third-order valence-electron chi connectivity index (χ3n) is 2.71. The molecule has 0 fully saturated rings. The first-order valence-electron chi connectivity index (χ1n) is 6.47. The molecule has 1 aromatic heterocycles. The Morgan fingerprint density at radius 2 is 1.77 bits per heavy atom. The monoisotopic (exact) mass is 318 g/mol. The van der Waals surface area contributed by atoms with Crippen LogP contribution in [0.3, 0.4) is 0 Å². The summed E-state index contributed by atoms with van der Waals surface area (Å²) in [5.41, 5.74) is 4.89. The maximum atomic E-state index is 11.8. The highest BCUT2D eigenvalue weighted by molar-refractivity contribution is 7.11. The number of esters is 1. The van der Waals surface area contributed by atoms with Gasteiger partial charge in [0.2, 0.25) is 0 Å². The van der Waals surface area contributed by atoms with Crippen molar-refractivity contribution < 1.29 is 19.1 Å². The van der Waals surface area contributed by atoms with Crippen LogP contribution in [0.1, 0.15) is 27.0 Å². The molecule has 0 aliphatic heterocycles. The fourth-order valence-electron chi connectivity index (χ4n) is 1.55. The van der Waals surface area contributed by atoms with E-state index in [0.29, 0.717) is 10.4 Å². The van der Waals surface area contributed by atoms with Crippen LogP contribution in [0, 0.1) is 0 Å². The van der Waals surface area contributed by atoms with Crippen LogP contribution in [0.4, 0.5) is 0 Å². The summed E-state index contributed by atoms with van der Waals surface area (Å²) < 4.78 is 5.00. The average molecular weight is 318 g/mol. The van der Waals surface area contributed by atoms with E-state index in [2.05, 4.69) is 10.9 Å². The van der Waals surface area contributed by atoms with Gasteiger partial charge in [-0.05, 0) is 30.5 Å². The van der Waals surface area contributed by atoms with Gasteiger partial charge in [0.1, 0.15) is 4.88 Å². The predicted molar refractivity (Wildman–Crippen MR) is 81.2 cm³/mol. The zero-order valence-corrected chi connectivity index (χ0v) is 12.6. The Morgan fingerprint density at radius 3 is 2.41 bits per heavy atom. The Labute approximate surface area is 131 Å². The molecule has 2 rings (SSSR count). The van der Waals surface area contributed by atoms with Crippen molar-refractivity contribution in [3.05, 3.63) is 58.3 Å². The molecular weight excluding hydrogens is 304 g/mol. The largest absolute Gasteiger partial charge is 0.448 e. The lowest BCUT2D eigenvalue weighted by Crippen LogP contribution is -2.46. The number of thiophene rings is 1. The van der Waals surface area contributed by atoms with Crippen LogP contribution in [0.25, 0.3) is 0 Å². The molecule has 2 amide bonds. The summed E-state index contributed by atoms with van der Waals surface area (Å²) in [6.45, 7) is 1.43. The predicted octanol–water partition coefficient (Wildman–Crippen LogP) is 1.75. The highest BCUT2D eigenvalue weighted by atomic mass is 32.1. The van der Waals surface area contributed by atoms with Gasteiger partial charge in [-0.25, -0.2) is 4.79 Å². The van der Waals surface area contributed by atoms with Crippen LogP contribution in [0.15, 0.2) is 47.8 Å². The summed E-state index contributed by atoms with van der Waals surface area (Å²) in [4.78, 5) is 35.6. The van der Waals surface area contributed by atoms with Gasteiger partial charge in [0.15, 0.2) is 6.10 Å². The molecule has 2 aromatic rings. The molecule has 6 nitrogen and oxygen atoms in total. The van der Waals surface area contributed by atoms with Crippen molar-refractivity contribution >= 4 is 29.1 Å². The minimum Gasteiger partial charge on any atom is -0.448 e. The summed E-state index contributed by atoms with van der Waals surface area (Å²) in [7, 11) is 0. The number of amides is 2. The number of benzene rings is 1. The molecule has 1 aromatic carbocycles. The molecular formula is C15H14N2O4S. The van der Waals surface area contributed by atoms with Crippen molar-refractivity contribution in [2.24, 2.45) is 0 Å². The second-order valence-electron chi connectivity index (χ2n) is 4.33. The van der Waals surface area contributed by atoms with Crippen LogP contribution >= 0.6 is 11.3 Å². The van der Waals surface area contributed by atoms with Gasteiger partial charge < -0.3 is 4.74 Å². The number of ether oxygens (including phenoxy) is 1. The van der Waals surface area contributed by atoms with Crippen molar-refractivity contribution in [3.63, 3.8) is 0 Å². The molecule has 0 aliphatic carbocycles. The van der Waals surface area contributed by atoms with E-state index in [4.69, 9.17) is 4.74 Å². The Bertz CT molecular complexity index is 655. The minimum atomic E-state index is -1.02. The van der Waals surface area contributed by atoms with E-state index in [9.17, 15) is 14.4 Å². The van der Waals surface area contributed by atoms with Crippen molar-refractivity contribution in [1.82, 2.24) is 10.9 Å². The number of hydrazine groups is 1. The van der Waals surface area contributed by atoms with Gasteiger partial charge in [-0.2, -0.15) is 0 Å². The molecule has 1 heterocycles. The summed E-state index contributed by atoms with van der Waals surface area (Å²) in [6, 6.07) is 11.7. The number of hydrogen-bond donors (Lipinski definition) is 2. The van der Waals surface area contributed by atoms with E-state index in [1.165, 1.54) is 18.3 Å². The van der Waals surface area contributed by atoms with Crippen molar-refractivity contribution in [3.8, 4) is 0 Å². The number of hydrogen-bond acceptors (Lipinski definition) is 5. The van der Waals surface area contributed by atoms with Crippen LogP contribution in [0.2, 0.25) is 0 Å². The van der Waals surface area contributed by atoms with E-state index in [-0.39, 0.29) is 0 Å². The molecule has 0 bridgehead atoms. The molecule has 0 saturated heterocycles. The Morgan fingerprint density at radius 1 is 1.05 bits per heavy atom. The lowest BCUT2D eigenvalue weighted by atomic mass is 10.2. The Hall–Kier alpha value is -2.67. The number of carbonyl (C=O) groups is 3. The molecule has 0 aliphatic rings. The van der Waals surface area contributed by atoms with E-state index >= 15 is 0 Å². The SMILES string of the molecule is C[C@H](OC(=O)c1cccs1)C(=O)NNC(=O)c1ccccc1. The zero-order valence-electron chi connectivity index (χ0n) is 11.7. The molecule has 22 heavy (non-hydrogen) atoms. The lowest BCUT2D eigenvalue weighted by molar-refractivity contribution is -0.129. The first-order chi connectivity index (χ1) is 10.6. The average Bonchev–Trinajstić information content (AvgIpc) is 3.07. The first-order valence-corrected chi connectivity index (χ1v) is 7.35. The highest BCUT2D eigenvalue weighted by Crippen LogP contribution is 2.11. The molecule has 0 spiro atoms. The van der Waals surface area contributed by atoms with Gasteiger partial charge in [0.05, 0.1) is 0 Å². The number of nitrogens with one attached hydrogen (secondary N) is 2. The third kappa shape index (κ3) is 4.16. The molecule has 0 unspecified atom stereocenters. The number of carbonyl (C=O) groups excluding carboxylic acids is 3. The zero-order chi connectivity index (χ0) is 15.9. The Kier molecular flexibility index (Phi) is 5.26. The van der Waals surface area contributed by atoms with Gasteiger partial charge in [-0.15, -0.1) is 11.3 Å². The standard InChI is InChI=1S/C15H14N2O4S/c1-10(21-15(20)12-8-5-9-22-12)13(18)16-17-14(19)11-6-3-2-4-7-11/h2-10H,1H3,(H,16,18)(H,17,19)/t10-/m0/s1. The highest BCUT2D eigenvalue weighted by Gasteiger charge is 2.20. The molecule has 2 N–H and O–H groups in total. The lowest BCUT2D eigenvalue weighted by Gasteiger charge is -2.13. The smallest absolute Gasteiger partial charge is 0.349 e. The molecule has 114 valence electrons. The van der Waals surface area contributed by atoms with Crippen LogP contribution in [-0.4, -0.2) is 23.9 Å². The first kappa shape index (κ1) is 15.7. The Balaban J connectivity index is 1.82. The fourth-order valence-corrected chi connectivity index (χ4v) is 2.15. The van der Waals surface area contributed by atoms with Gasteiger partial charge in [-0.1, -0.05) is 24.3 Å². The normalized spacial score (nSPS) is 11.3. The van der Waals surface area contributed by atoms with E-state index < -0.39 is 23.9 Å². The van der Waals surface area contributed by atoms with Crippen molar-refractivity contribution in [2.75, 3.05) is 0 Å². The molecule has 7 heteroatoms. The van der Waals surface area contributed by atoms with Gasteiger partial charge >= 0.3 is 5.97 Å². The quantitative estimate of drug-likeness (QED) is 0.664. The number of rotatable bonds is 4. The topological polar surface area (TPSA) is 84.5 Å². The van der Waals surface area contributed by atoms with Crippen LogP contribution in [-0.2, 0) is 9.53 Å². The molecule has 0 radical (unpaired) electrons. The van der Waals surface area contributed by atoms with E-state index in [1.54, 1.807) is 47.8 Å². The van der Waals surface area contributed by atoms with Gasteiger partial charge in [0, 0.05) is 5.56 Å². The summed E-state index contributed by atoms with van der Waals surface area (Å²) in [6.07, 6.45) is -1.02. The molecule has 0 saturated carbocycles. The second kappa shape index (κ2) is 7.37. The van der Waals surface area contributed by atoms with E-state index in [0.717, 1.165) is 0 Å². The van der Waals surface area contributed by atoms with Gasteiger partial charge in [-0.3, -0.25) is 20.4 Å². The van der Waals surface area contributed by atoms with Gasteiger partial charge in [0.25, 0.3) is 11.8 Å².